The average molecular weight is 396 g/mol. The molecule has 0 bridgehead atoms. The van der Waals surface area contributed by atoms with Crippen LogP contribution in [-0.4, -0.2) is 48.8 Å². The summed E-state index contributed by atoms with van der Waals surface area (Å²) in [4.78, 5) is 19.5. The quantitative estimate of drug-likeness (QED) is 0.814. The Labute approximate surface area is 172 Å². The van der Waals surface area contributed by atoms with Gasteiger partial charge in [-0.3, -0.25) is 9.78 Å². The Kier molecular flexibility index (Phi) is 5.46. The van der Waals surface area contributed by atoms with Gasteiger partial charge in [-0.1, -0.05) is 12.1 Å². The standard InChI is InChI=1S/C23H29N3O3/c1-16-14-26(15-17(2)29-16)19-7-10-24-21(12-19)22(27)25-23(8-9-23)13-18-5-4-6-20(11-18)28-3/h4-7,10-12,16-17H,8-9,13-15H2,1-3H3,(H,25,27)/t16-,17+. The fourth-order valence-electron chi connectivity index (χ4n) is 4.10. The number of amides is 1. The Morgan fingerprint density at radius 3 is 2.69 bits per heavy atom. The summed E-state index contributed by atoms with van der Waals surface area (Å²) in [5.41, 5.74) is 2.47. The minimum absolute atomic E-state index is 0.110. The fraction of sp³-hybridized carbons (Fsp3) is 0.478. The van der Waals surface area contributed by atoms with Crippen LogP contribution in [0.15, 0.2) is 42.6 Å². The van der Waals surface area contributed by atoms with E-state index in [4.69, 9.17) is 9.47 Å². The Balaban J connectivity index is 1.44. The van der Waals surface area contributed by atoms with Crippen molar-refractivity contribution in [1.82, 2.24) is 10.3 Å². The highest BCUT2D eigenvalue weighted by atomic mass is 16.5. The zero-order valence-corrected chi connectivity index (χ0v) is 17.4. The van der Waals surface area contributed by atoms with E-state index >= 15 is 0 Å². The molecule has 1 saturated carbocycles. The first-order chi connectivity index (χ1) is 14.0. The molecule has 1 aliphatic heterocycles. The molecule has 2 heterocycles. The SMILES string of the molecule is COc1cccc(CC2(NC(=O)c3cc(N4C[C@@H](C)O[C@@H](C)C4)ccn3)CC2)c1. The van der Waals surface area contributed by atoms with E-state index in [1.807, 2.05) is 30.3 Å². The second-order valence-corrected chi connectivity index (χ2v) is 8.32. The molecule has 0 unspecified atom stereocenters. The number of pyridine rings is 1. The summed E-state index contributed by atoms with van der Waals surface area (Å²) in [5, 5.41) is 3.23. The van der Waals surface area contributed by atoms with Gasteiger partial charge in [-0.25, -0.2) is 0 Å². The highest BCUT2D eigenvalue weighted by molar-refractivity contribution is 5.94. The Bertz CT molecular complexity index is 871. The fourth-order valence-corrected chi connectivity index (χ4v) is 4.10. The van der Waals surface area contributed by atoms with Crippen molar-refractivity contribution in [3.63, 3.8) is 0 Å². The van der Waals surface area contributed by atoms with Gasteiger partial charge in [-0.15, -0.1) is 0 Å². The summed E-state index contributed by atoms with van der Waals surface area (Å²) in [6.07, 6.45) is 4.82. The van der Waals surface area contributed by atoms with Crippen LogP contribution in [0, 0.1) is 0 Å². The summed E-state index contributed by atoms with van der Waals surface area (Å²) < 4.78 is 11.1. The molecule has 6 heteroatoms. The van der Waals surface area contributed by atoms with E-state index in [0.717, 1.165) is 43.8 Å². The Hall–Kier alpha value is -2.60. The van der Waals surface area contributed by atoms with Gasteiger partial charge in [-0.2, -0.15) is 0 Å². The van der Waals surface area contributed by atoms with E-state index in [1.54, 1.807) is 13.3 Å². The molecule has 1 N–H and O–H groups in total. The van der Waals surface area contributed by atoms with Crippen molar-refractivity contribution in [1.29, 1.82) is 0 Å². The van der Waals surface area contributed by atoms with Crippen molar-refractivity contribution in [3.8, 4) is 5.75 Å². The zero-order valence-electron chi connectivity index (χ0n) is 17.4. The molecular formula is C23H29N3O3. The van der Waals surface area contributed by atoms with Crippen LogP contribution in [0.1, 0.15) is 42.7 Å². The van der Waals surface area contributed by atoms with Crippen LogP contribution in [-0.2, 0) is 11.2 Å². The van der Waals surface area contributed by atoms with Crippen LogP contribution >= 0.6 is 0 Å². The largest absolute Gasteiger partial charge is 0.497 e. The minimum atomic E-state index is -0.177. The summed E-state index contributed by atoms with van der Waals surface area (Å²) in [7, 11) is 1.67. The summed E-state index contributed by atoms with van der Waals surface area (Å²) in [5.74, 6) is 0.731. The van der Waals surface area contributed by atoms with Crippen molar-refractivity contribution < 1.29 is 14.3 Å². The summed E-state index contributed by atoms with van der Waals surface area (Å²) in [6.45, 7) is 5.78. The maximum absolute atomic E-state index is 12.9. The molecule has 1 aromatic carbocycles. The lowest BCUT2D eigenvalue weighted by molar-refractivity contribution is -0.00522. The number of hydrogen-bond donors (Lipinski definition) is 1. The smallest absolute Gasteiger partial charge is 0.270 e. The van der Waals surface area contributed by atoms with Crippen molar-refractivity contribution in [3.05, 3.63) is 53.9 Å². The van der Waals surface area contributed by atoms with Gasteiger partial charge in [0, 0.05) is 30.5 Å². The molecule has 6 nitrogen and oxygen atoms in total. The molecule has 1 aromatic heterocycles. The van der Waals surface area contributed by atoms with Crippen molar-refractivity contribution in [2.45, 2.75) is 50.9 Å². The van der Waals surface area contributed by atoms with Crippen LogP contribution < -0.4 is 15.0 Å². The van der Waals surface area contributed by atoms with E-state index in [9.17, 15) is 4.79 Å². The van der Waals surface area contributed by atoms with Crippen molar-refractivity contribution in [2.75, 3.05) is 25.1 Å². The molecule has 2 aromatic rings. The highest BCUT2D eigenvalue weighted by Gasteiger charge is 2.44. The molecule has 154 valence electrons. The maximum atomic E-state index is 12.9. The first kappa shape index (κ1) is 19.7. The van der Waals surface area contributed by atoms with Crippen molar-refractivity contribution >= 4 is 11.6 Å². The normalized spacial score (nSPS) is 22.8. The number of carbonyl (C=O) groups is 1. The predicted molar refractivity (Wildman–Crippen MR) is 113 cm³/mol. The third-order valence-corrected chi connectivity index (χ3v) is 5.67. The monoisotopic (exact) mass is 395 g/mol. The van der Waals surface area contributed by atoms with Gasteiger partial charge in [0.2, 0.25) is 0 Å². The van der Waals surface area contributed by atoms with Crippen molar-refractivity contribution in [2.24, 2.45) is 0 Å². The highest BCUT2D eigenvalue weighted by Crippen LogP contribution is 2.39. The topological polar surface area (TPSA) is 63.7 Å². The number of nitrogens with one attached hydrogen (secondary N) is 1. The van der Waals surface area contributed by atoms with E-state index in [1.165, 1.54) is 5.56 Å². The molecule has 1 amide bonds. The van der Waals surface area contributed by atoms with Crippen LogP contribution in [0.3, 0.4) is 0 Å². The molecule has 0 spiro atoms. The van der Waals surface area contributed by atoms with E-state index in [2.05, 4.69) is 35.1 Å². The predicted octanol–water partition coefficient (Wildman–Crippen LogP) is 3.21. The Morgan fingerprint density at radius 2 is 2.00 bits per heavy atom. The third-order valence-electron chi connectivity index (χ3n) is 5.67. The molecule has 2 fully saturated rings. The van der Waals surface area contributed by atoms with Gasteiger partial charge in [-0.05, 0) is 62.9 Å². The lowest BCUT2D eigenvalue weighted by atomic mass is 10.0. The molecule has 0 radical (unpaired) electrons. The zero-order chi connectivity index (χ0) is 20.4. The third kappa shape index (κ3) is 4.70. The van der Waals surface area contributed by atoms with Gasteiger partial charge >= 0.3 is 0 Å². The molecule has 29 heavy (non-hydrogen) atoms. The molecular weight excluding hydrogens is 366 g/mol. The number of nitrogens with zero attached hydrogens (tertiary/aromatic N) is 2. The number of aromatic nitrogens is 1. The molecule has 1 aliphatic carbocycles. The van der Waals surface area contributed by atoms with E-state index < -0.39 is 0 Å². The second-order valence-electron chi connectivity index (χ2n) is 8.32. The molecule has 1 saturated heterocycles. The van der Waals surface area contributed by atoms with Gasteiger partial charge < -0.3 is 19.7 Å². The molecule has 2 atom stereocenters. The number of carbonyl (C=O) groups excluding carboxylic acids is 1. The second kappa shape index (κ2) is 8.03. The number of hydrogen-bond acceptors (Lipinski definition) is 5. The first-order valence-corrected chi connectivity index (χ1v) is 10.3. The van der Waals surface area contributed by atoms with E-state index in [-0.39, 0.29) is 23.7 Å². The number of ether oxygens (including phenoxy) is 2. The summed E-state index contributed by atoms with van der Waals surface area (Å²) in [6, 6.07) is 11.9. The van der Waals surface area contributed by atoms with Crippen LogP contribution in [0.5, 0.6) is 5.75 Å². The number of anilines is 1. The van der Waals surface area contributed by atoms with Crippen LogP contribution in [0.2, 0.25) is 0 Å². The lowest BCUT2D eigenvalue weighted by Gasteiger charge is -2.36. The number of morpholine rings is 1. The molecule has 2 aliphatic rings. The van der Waals surface area contributed by atoms with Gasteiger partial charge in [0.05, 0.1) is 19.3 Å². The Morgan fingerprint density at radius 1 is 1.24 bits per heavy atom. The van der Waals surface area contributed by atoms with Gasteiger partial charge in [0.1, 0.15) is 11.4 Å². The van der Waals surface area contributed by atoms with Gasteiger partial charge in [0.15, 0.2) is 0 Å². The average Bonchev–Trinajstić information content (AvgIpc) is 3.46. The number of methoxy groups -OCH3 is 1. The minimum Gasteiger partial charge on any atom is -0.497 e. The summed E-state index contributed by atoms with van der Waals surface area (Å²) >= 11 is 0. The maximum Gasteiger partial charge on any atom is 0.270 e. The molecule has 4 rings (SSSR count). The van der Waals surface area contributed by atoms with E-state index in [0.29, 0.717) is 5.69 Å². The number of rotatable bonds is 6. The van der Waals surface area contributed by atoms with Crippen LogP contribution in [0.4, 0.5) is 5.69 Å². The lowest BCUT2D eigenvalue weighted by Crippen LogP contribution is -2.45. The number of benzene rings is 1. The first-order valence-electron chi connectivity index (χ1n) is 10.3. The van der Waals surface area contributed by atoms with Gasteiger partial charge in [0.25, 0.3) is 5.91 Å². The van der Waals surface area contributed by atoms with Crippen LogP contribution in [0.25, 0.3) is 0 Å².